The van der Waals surface area contributed by atoms with Gasteiger partial charge in [-0.1, -0.05) is 19.9 Å². The molecule has 1 aliphatic heterocycles. The van der Waals surface area contributed by atoms with Crippen molar-refractivity contribution in [3.63, 3.8) is 0 Å². The van der Waals surface area contributed by atoms with Gasteiger partial charge in [0.2, 0.25) is 0 Å². The second-order valence-electron chi connectivity index (χ2n) is 5.03. The highest BCUT2D eigenvalue weighted by molar-refractivity contribution is 8.00. The van der Waals surface area contributed by atoms with E-state index >= 15 is 0 Å². The Balaban J connectivity index is 2.02. The van der Waals surface area contributed by atoms with Crippen LogP contribution in [-0.4, -0.2) is 35.6 Å². The van der Waals surface area contributed by atoms with E-state index in [1.165, 1.54) is 5.56 Å². The van der Waals surface area contributed by atoms with E-state index in [-0.39, 0.29) is 0 Å². The Morgan fingerprint density at radius 3 is 2.56 bits per heavy atom. The average molecular weight is 266 g/mol. The minimum atomic E-state index is 0.712. The zero-order valence-corrected chi connectivity index (χ0v) is 12.2. The summed E-state index contributed by atoms with van der Waals surface area (Å²) in [6.45, 7) is 7.89. The molecule has 0 amide bonds. The Morgan fingerprint density at radius 2 is 2.00 bits per heavy atom. The molecule has 0 aromatic heterocycles. The van der Waals surface area contributed by atoms with Crippen LogP contribution in [0.5, 0.6) is 5.75 Å². The Kier molecular flexibility index (Phi) is 4.40. The third-order valence-electron chi connectivity index (χ3n) is 3.20. The lowest BCUT2D eigenvalue weighted by atomic mass is 10.1. The molecule has 0 saturated carbocycles. The molecule has 2 unspecified atom stereocenters. The van der Waals surface area contributed by atoms with Crippen molar-refractivity contribution in [2.45, 2.75) is 30.9 Å². The fourth-order valence-electron chi connectivity index (χ4n) is 2.55. The third-order valence-corrected chi connectivity index (χ3v) is 4.42. The molecule has 1 fully saturated rings. The number of rotatable bonds is 3. The lowest BCUT2D eigenvalue weighted by Crippen LogP contribution is -2.39. The molecule has 0 bridgehead atoms. The number of ether oxygens (including phenoxy) is 1. The van der Waals surface area contributed by atoms with Gasteiger partial charge in [-0.05, 0) is 17.7 Å². The first kappa shape index (κ1) is 13.6. The number of benzene rings is 1. The van der Waals surface area contributed by atoms with Crippen LogP contribution in [0.25, 0.3) is 0 Å². The first-order chi connectivity index (χ1) is 8.58. The first-order valence-electron chi connectivity index (χ1n) is 6.38. The van der Waals surface area contributed by atoms with Gasteiger partial charge in [-0.15, -0.1) is 0 Å². The van der Waals surface area contributed by atoms with E-state index in [1.807, 2.05) is 12.1 Å². The van der Waals surface area contributed by atoms with Crippen molar-refractivity contribution in [2.24, 2.45) is 0 Å². The summed E-state index contributed by atoms with van der Waals surface area (Å²) >= 11 is 2.08. The smallest absolute Gasteiger partial charge is 0.141 e. The largest absolute Gasteiger partial charge is 0.495 e. The molecule has 1 heterocycles. The van der Waals surface area contributed by atoms with Crippen molar-refractivity contribution in [3.8, 4) is 5.75 Å². The van der Waals surface area contributed by atoms with Crippen LogP contribution >= 0.6 is 11.8 Å². The van der Waals surface area contributed by atoms with Crippen LogP contribution in [-0.2, 0) is 6.54 Å². The molecule has 3 nitrogen and oxygen atoms in total. The lowest BCUT2D eigenvalue weighted by molar-refractivity contribution is 0.263. The van der Waals surface area contributed by atoms with Gasteiger partial charge in [-0.2, -0.15) is 11.8 Å². The summed E-state index contributed by atoms with van der Waals surface area (Å²) in [5.74, 6) is 0.759. The Labute approximate surface area is 114 Å². The highest BCUT2D eigenvalue weighted by Gasteiger charge is 2.22. The number of methoxy groups -OCH3 is 1. The van der Waals surface area contributed by atoms with Gasteiger partial charge in [0.15, 0.2) is 0 Å². The normalized spacial score (nSPS) is 25.1. The van der Waals surface area contributed by atoms with E-state index in [2.05, 4.69) is 36.6 Å². The summed E-state index contributed by atoms with van der Waals surface area (Å²) in [6.07, 6.45) is 0. The highest BCUT2D eigenvalue weighted by atomic mass is 32.2. The van der Waals surface area contributed by atoms with Crippen molar-refractivity contribution in [1.29, 1.82) is 0 Å². The number of anilines is 1. The molecular formula is C14H22N2OS. The van der Waals surface area contributed by atoms with E-state index in [4.69, 9.17) is 10.5 Å². The standard InChI is InChI=1S/C14H22N2OS/c1-10-7-16(8-11(2)18-10)9-12-4-5-14(17-3)13(15)6-12/h4-6,10-11H,7-9,15H2,1-3H3. The SMILES string of the molecule is COc1ccc(CN2CC(C)SC(C)C2)cc1N. The summed E-state index contributed by atoms with van der Waals surface area (Å²) in [6, 6.07) is 6.08. The molecule has 2 atom stereocenters. The van der Waals surface area contributed by atoms with Crippen LogP contribution in [0.15, 0.2) is 18.2 Å². The molecule has 0 aliphatic carbocycles. The van der Waals surface area contributed by atoms with Crippen LogP contribution in [0.3, 0.4) is 0 Å². The summed E-state index contributed by atoms with van der Waals surface area (Å²) in [4.78, 5) is 2.51. The van der Waals surface area contributed by atoms with Crippen molar-refractivity contribution >= 4 is 17.4 Å². The molecule has 100 valence electrons. The van der Waals surface area contributed by atoms with Crippen LogP contribution < -0.4 is 10.5 Å². The Morgan fingerprint density at radius 1 is 1.33 bits per heavy atom. The number of thioether (sulfide) groups is 1. The molecule has 1 saturated heterocycles. The molecule has 0 spiro atoms. The van der Waals surface area contributed by atoms with Gasteiger partial charge in [0, 0.05) is 30.1 Å². The quantitative estimate of drug-likeness (QED) is 0.854. The second kappa shape index (κ2) is 5.85. The number of nitrogens with two attached hydrogens (primary N) is 1. The van der Waals surface area contributed by atoms with Crippen molar-refractivity contribution in [3.05, 3.63) is 23.8 Å². The Hall–Kier alpha value is -0.870. The number of hydrogen-bond acceptors (Lipinski definition) is 4. The fraction of sp³-hybridized carbons (Fsp3) is 0.571. The van der Waals surface area contributed by atoms with Crippen molar-refractivity contribution < 1.29 is 4.74 Å². The summed E-state index contributed by atoms with van der Waals surface area (Å²) in [5, 5.41) is 1.42. The van der Waals surface area contributed by atoms with Crippen LogP contribution in [0.4, 0.5) is 5.69 Å². The highest BCUT2D eigenvalue weighted by Crippen LogP contribution is 2.27. The zero-order chi connectivity index (χ0) is 13.1. The van der Waals surface area contributed by atoms with Gasteiger partial charge in [0.05, 0.1) is 12.8 Å². The van der Waals surface area contributed by atoms with Gasteiger partial charge in [-0.25, -0.2) is 0 Å². The minimum Gasteiger partial charge on any atom is -0.495 e. The monoisotopic (exact) mass is 266 g/mol. The number of hydrogen-bond donors (Lipinski definition) is 1. The third kappa shape index (κ3) is 3.33. The van der Waals surface area contributed by atoms with Crippen LogP contribution in [0.2, 0.25) is 0 Å². The predicted molar refractivity (Wildman–Crippen MR) is 79.2 cm³/mol. The van der Waals surface area contributed by atoms with Gasteiger partial charge < -0.3 is 10.5 Å². The van der Waals surface area contributed by atoms with Crippen molar-refractivity contribution in [2.75, 3.05) is 25.9 Å². The minimum absolute atomic E-state index is 0.712. The van der Waals surface area contributed by atoms with E-state index in [1.54, 1.807) is 7.11 Å². The Bertz CT molecular complexity index is 401. The molecule has 0 radical (unpaired) electrons. The van der Waals surface area contributed by atoms with Gasteiger partial charge in [0.25, 0.3) is 0 Å². The van der Waals surface area contributed by atoms with Gasteiger partial charge in [-0.3, -0.25) is 4.90 Å². The van der Waals surface area contributed by atoms with Crippen molar-refractivity contribution in [1.82, 2.24) is 4.90 Å². The maximum Gasteiger partial charge on any atom is 0.141 e. The lowest BCUT2D eigenvalue weighted by Gasteiger charge is -2.34. The predicted octanol–water partition coefficient (Wildman–Crippen LogP) is 2.60. The summed E-state index contributed by atoms with van der Waals surface area (Å²) in [5.41, 5.74) is 7.93. The molecule has 1 aromatic carbocycles. The topological polar surface area (TPSA) is 38.5 Å². The molecule has 18 heavy (non-hydrogen) atoms. The van der Waals surface area contributed by atoms with E-state index in [0.717, 1.165) is 31.1 Å². The molecule has 2 rings (SSSR count). The molecular weight excluding hydrogens is 244 g/mol. The second-order valence-corrected chi connectivity index (χ2v) is 6.91. The summed E-state index contributed by atoms with van der Waals surface area (Å²) < 4.78 is 5.18. The van der Waals surface area contributed by atoms with Gasteiger partial charge >= 0.3 is 0 Å². The van der Waals surface area contributed by atoms with Crippen LogP contribution in [0.1, 0.15) is 19.4 Å². The van der Waals surface area contributed by atoms with Gasteiger partial charge in [0.1, 0.15) is 5.75 Å². The fourth-order valence-corrected chi connectivity index (χ4v) is 3.94. The number of nitrogens with zero attached hydrogens (tertiary/aromatic N) is 1. The summed E-state index contributed by atoms with van der Waals surface area (Å²) in [7, 11) is 1.65. The molecule has 1 aromatic rings. The van der Waals surface area contributed by atoms with Crippen LogP contribution in [0, 0.1) is 0 Å². The number of nitrogen functional groups attached to an aromatic ring is 1. The van der Waals surface area contributed by atoms with E-state index in [0.29, 0.717) is 10.5 Å². The maximum atomic E-state index is 5.94. The van der Waals surface area contributed by atoms with E-state index in [9.17, 15) is 0 Å². The molecule has 1 aliphatic rings. The van der Waals surface area contributed by atoms with E-state index < -0.39 is 0 Å². The molecule has 2 N–H and O–H groups in total. The zero-order valence-electron chi connectivity index (χ0n) is 11.3. The molecule has 4 heteroatoms. The average Bonchev–Trinajstić information content (AvgIpc) is 2.27. The maximum absolute atomic E-state index is 5.94. The first-order valence-corrected chi connectivity index (χ1v) is 7.33.